The first-order chi connectivity index (χ1) is 17.6. The number of aryl methyl sites for hydroxylation is 2. The second-order valence-electron chi connectivity index (χ2n) is 8.38. The van der Waals surface area contributed by atoms with Gasteiger partial charge < -0.3 is 9.47 Å². The molecule has 36 heavy (non-hydrogen) atoms. The van der Waals surface area contributed by atoms with Gasteiger partial charge >= 0.3 is 0 Å². The number of benzene rings is 3. The average Bonchev–Trinajstić information content (AvgIpc) is 2.93. The number of hydrogen-bond acceptors (Lipinski definition) is 8. The summed E-state index contributed by atoms with van der Waals surface area (Å²) in [5.41, 5.74) is 8.45. The molecule has 0 N–H and O–H groups in total. The van der Waals surface area contributed by atoms with Crippen molar-refractivity contribution in [2.24, 2.45) is 0 Å². The minimum atomic E-state index is 0.262. The molecule has 0 spiro atoms. The lowest BCUT2D eigenvalue weighted by molar-refractivity contribution is 0.334. The van der Waals surface area contributed by atoms with Crippen molar-refractivity contribution in [3.8, 4) is 34.3 Å². The molecule has 0 bridgehead atoms. The second kappa shape index (κ2) is 8.49. The van der Waals surface area contributed by atoms with E-state index in [0.717, 1.165) is 33.9 Å². The fourth-order valence-corrected chi connectivity index (χ4v) is 4.29. The summed E-state index contributed by atoms with van der Waals surface area (Å²) in [4.78, 5) is 29.5. The van der Waals surface area contributed by atoms with E-state index in [-0.39, 0.29) is 11.8 Å². The van der Waals surface area contributed by atoms with Crippen LogP contribution in [0.25, 0.3) is 55.6 Å². The van der Waals surface area contributed by atoms with Crippen molar-refractivity contribution in [1.29, 1.82) is 0 Å². The molecule has 0 saturated heterocycles. The van der Waals surface area contributed by atoms with Crippen LogP contribution in [-0.2, 0) is 0 Å². The zero-order valence-corrected chi connectivity index (χ0v) is 20.3. The van der Waals surface area contributed by atoms with Gasteiger partial charge in [-0.2, -0.15) is 0 Å². The molecule has 176 valence electrons. The SMILES string of the molecule is COc1nc2c3nc(C)c(C)nc3c3nc(-c4ccccc4)c(-c4ccccc4)nc3c2nc1OC. The number of methoxy groups -OCH3 is 2. The lowest BCUT2D eigenvalue weighted by Gasteiger charge is -2.15. The van der Waals surface area contributed by atoms with Gasteiger partial charge in [-0.1, -0.05) is 60.7 Å². The zero-order valence-electron chi connectivity index (χ0n) is 20.3. The molecule has 0 fully saturated rings. The van der Waals surface area contributed by atoms with E-state index in [9.17, 15) is 0 Å². The highest BCUT2D eigenvalue weighted by atomic mass is 16.5. The van der Waals surface area contributed by atoms with E-state index >= 15 is 0 Å². The van der Waals surface area contributed by atoms with Crippen LogP contribution in [0, 0.1) is 13.8 Å². The summed E-state index contributed by atoms with van der Waals surface area (Å²) in [6.07, 6.45) is 0. The topological polar surface area (TPSA) is 95.8 Å². The van der Waals surface area contributed by atoms with Crippen LogP contribution >= 0.6 is 0 Å². The van der Waals surface area contributed by atoms with Crippen LogP contribution in [0.2, 0.25) is 0 Å². The van der Waals surface area contributed by atoms with Gasteiger partial charge in [-0.3, -0.25) is 0 Å². The second-order valence-corrected chi connectivity index (χ2v) is 8.38. The van der Waals surface area contributed by atoms with Gasteiger partial charge in [-0.15, -0.1) is 0 Å². The standard InChI is InChI=1S/C28H22N6O2/c1-15-16(2)30-22-21(29-15)23-24(26-25(22)33-27(35-3)28(34-26)36-4)32-20(18-13-9-6-10-14-18)19(31-23)17-11-7-5-8-12-17/h5-14H,1-4H3. The van der Waals surface area contributed by atoms with E-state index in [1.807, 2.05) is 74.5 Å². The van der Waals surface area contributed by atoms with Gasteiger partial charge in [-0.25, -0.2) is 29.9 Å². The van der Waals surface area contributed by atoms with Crippen LogP contribution in [0.5, 0.6) is 11.8 Å². The Morgan fingerprint density at radius 2 is 0.778 bits per heavy atom. The highest BCUT2D eigenvalue weighted by Crippen LogP contribution is 2.38. The highest BCUT2D eigenvalue weighted by Gasteiger charge is 2.23. The summed E-state index contributed by atoms with van der Waals surface area (Å²) in [7, 11) is 3.06. The molecule has 0 radical (unpaired) electrons. The lowest BCUT2D eigenvalue weighted by atomic mass is 10.0. The summed E-state index contributed by atoms with van der Waals surface area (Å²) < 4.78 is 10.9. The number of hydrogen-bond donors (Lipinski definition) is 0. The fraction of sp³-hybridized carbons (Fsp3) is 0.143. The van der Waals surface area contributed by atoms with Crippen molar-refractivity contribution in [1.82, 2.24) is 29.9 Å². The van der Waals surface area contributed by atoms with E-state index in [1.165, 1.54) is 14.2 Å². The summed E-state index contributed by atoms with van der Waals surface area (Å²) in [6.45, 7) is 3.85. The molecule has 0 aliphatic carbocycles. The molecule has 3 heterocycles. The van der Waals surface area contributed by atoms with Crippen LogP contribution in [0.4, 0.5) is 0 Å². The van der Waals surface area contributed by atoms with Gasteiger partial charge in [0.1, 0.15) is 33.1 Å². The molecule has 0 amide bonds. The van der Waals surface area contributed by atoms with Gasteiger partial charge in [0.15, 0.2) is 0 Å². The molecule has 0 aliphatic rings. The van der Waals surface area contributed by atoms with Crippen molar-refractivity contribution >= 4 is 33.1 Å². The van der Waals surface area contributed by atoms with Crippen molar-refractivity contribution in [2.45, 2.75) is 13.8 Å². The Labute approximate surface area is 207 Å². The first kappa shape index (κ1) is 21.8. The summed E-state index contributed by atoms with van der Waals surface area (Å²) in [5.74, 6) is 0.528. The van der Waals surface area contributed by atoms with Crippen molar-refractivity contribution < 1.29 is 9.47 Å². The fourth-order valence-electron chi connectivity index (χ4n) is 4.29. The number of rotatable bonds is 4. The van der Waals surface area contributed by atoms with Crippen LogP contribution in [0.15, 0.2) is 60.7 Å². The normalized spacial score (nSPS) is 11.3. The van der Waals surface area contributed by atoms with Gasteiger partial charge in [0.25, 0.3) is 11.8 Å². The third kappa shape index (κ3) is 3.38. The van der Waals surface area contributed by atoms with Crippen LogP contribution in [-0.4, -0.2) is 44.1 Å². The Kier molecular flexibility index (Phi) is 5.14. The number of fused-ring (bicyclic) bond motifs is 6. The van der Waals surface area contributed by atoms with Crippen molar-refractivity contribution in [3.05, 3.63) is 72.1 Å². The quantitative estimate of drug-likeness (QED) is 0.310. The maximum absolute atomic E-state index is 5.47. The molecule has 0 atom stereocenters. The molecule has 0 unspecified atom stereocenters. The molecule has 0 aliphatic heterocycles. The monoisotopic (exact) mass is 474 g/mol. The number of ether oxygens (including phenoxy) is 2. The maximum Gasteiger partial charge on any atom is 0.278 e. The van der Waals surface area contributed by atoms with E-state index in [0.29, 0.717) is 33.1 Å². The Balaban J connectivity index is 1.85. The third-order valence-corrected chi connectivity index (χ3v) is 6.19. The Hall–Kier alpha value is -4.72. The Bertz CT molecular complexity index is 1770. The smallest absolute Gasteiger partial charge is 0.278 e. The zero-order chi connectivity index (χ0) is 24.8. The number of aromatic nitrogens is 6. The molecule has 8 nitrogen and oxygen atoms in total. The molecule has 3 aromatic carbocycles. The predicted molar refractivity (Wildman–Crippen MR) is 139 cm³/mol. The first-order valence-electron chi connectivity index (χ1n) is 11.5. The largest absolute Gasteiger partial charge is 0.477 e. The predicted octanol–water partition coefficient (Wildman–Crippen LogP) is 5.48. The van der Waals surface area contributed by atoms with E-state index in [2.05, 4.69) is 0 Å². The summed E-state index contributed by atoms with van der Waals surface area (Å²) in [6, 6.07) is 20.0. The number of nitrogens with zero attached hydrogens (tertiary/aromatic N) is 6. The maximum atomic E-state index is 5.47. The average molecular weight is 475 g/mol. The highest BCUT2D eigenvalue weighted by molar-refractivity contribution is 6.18. The van der Waals surface area contributed by atoms with Gasteiger partial charge in [0, 0.05) is 11.1 Å². The first-order valence-corrected chi connectivity index (χ1v) is 11.5. The minimum Gasteiger partial charge on any atom is -0.477 e. The van der Waals surface area contributed by atoms with Gasteiger partial charge in [0.05, 0.1) is 37.0 Å². The molecule has 8 heteroatoms. The van der Waals surface area contributed by atoms with Gasteiger partial charge in [-0.05, 0) is 13.8 Å². The van der Waals surface area contributed by atoms with E-state index in [1.54, 1.807) is 0 Å². The molecule has 6 aromatic rings. The molecule has 6 rings (SSSR count). The summed E-state index contributed by atoms with van der Waals surface area (Å²) in [5, 5.41) is 0. The third-order valence-electron chi connectivity index (χ3n) is 6.19. The van der Waals surface area contributed by atoms with Crippen LogP contribution in [0.3, 0.4) is 0 Å². The Morgan fingerprint density at radius 1 is 0.444 bits per heavy atom. The molecular formula is C28H22N6O2. The molecular weight excluding hydrogens is 452 g/mol. The van der Waals surface area contributed by atoms with Gasteiger partial charge in [0.2, 0.25) is 0 Å². The van der Waals surface area contributed by atoms with E-state index in [4.69, 9.17) is 39.4 Å². The Morgan fingerprint density at radius 3 is 1.14 bits per heavy atom. The van der Waals surface area contributed by atoms with Crippen molar-refractivity contribution in [3.63, 3.8) is 0 Å². The summed E-state index contributed by atoms with van der Waals surface area (Å²) >= 11 is 0. The minimum absolute atomic E-state index is 0.262. The van der Waals surface area contributed by atoms with Crippen LogP contribution < -0.4 is 9.47 Å². The van der Waals surface area contributed by atoms with E-state index < -0.39 is 0 Å². The lowest BCUT2D eigenvalue weighted by Crippen LogP contribution is -2.04. The van der Waals surface area contributed by atoms with Crippen molar-refractivity contribution in [2.75, 3.05) is 14.2 Å². The van der Waals surface area contributed by atoms with Crippen LogP contribution in [0.1, 0.15) is 11.4 Å². The molecule has 3 aromatic heterocycles. The molecule has 0 saturated carbocycles.